The number of benzene rings is 1. The fourth-order valence-corrected chi connectivity index (χ4v) is 3.65. The van der Waals surface area contributed by atoms with E-state index >= 15 is 0 Å². The van der Waals surface area contributed by atoms with Gasteiger partial charge in [0.25, 0.3) is 0 Å². The molecule has 0 spiro atoms. The first-order valence-electron chi connectivity index (χ1n) is 7.63. The van der Waals surface area contributed by atoms with Crippen molar-refractivity contribution in [2.45, 2.75) is 31.4 Å². The monoisotopic (exact) mass is 378 g/mol. The van der Waals surface area contributed by atoms with E-state index in [1.165, 1.54) is 0 Å². The Labute approximate surface area is 151 Å². The molecule has 130 valence electrons. The lowest BCUT2D eigenvalue weighted by Gasteiger charge is -2.22. The van der Waals surface area contributed by atoms with E-state index in [1.54, 1.807) is 18.4 Å². The number of nitrogens with one attached hydrogen (secondary N) is 2. The number of rotatable bonds is 6. The molecule has 1 saturated heterocycles. The van der Waals surface area contributed by atoms with Crippen LogP contribution in [0.5, 0.6) is 0 Å². The van der Waals surface area contributed by atoms with E-state index in [-0.39, 0.29) is 18.3 Å². The maximum Gasteiger partial charge on any atom is 0.224 e. The summed E-state index contributed by atoms with van der Waals surface area (Å²) in [6.45, 7) is 2.11. The molecule has 0 saturated carbocycles. The van der Waals surface area contributed by atoms with Crippen molar-refractivity contribution in [2.75, 3.05) is 24.7 Å². The Morgan fingerprint density at radius 1 is 1.39 bits per heavy atom. The van der Waals surface area contributed by atoms with Crippen molar-refractivity contribution in [3.63, 3.8) is 0 Å². The summed E-state index contributed by atoms with van der Waals surface area (Å²) in [5.41, 5.74) is 1.53. The highest BCUT2D eigenvalue weighted by molar-refractivity contribution is 7.83. The van der Waals surface area contributed by atoms with Crippen molar-refractivity contribution in [1.82, 2.24) is 5.32 Å². The number of carbonyl (C=O) groups is 1. The zero-order chi connectivity index (χ0) is 15.9. The molecule has 1 amide bonds. The molecule has 0 bridgehead atoms. The fourth-order valence-electron chi connectivity index (χ4n) is 2.71. The number of amides is 1. The van der Waals surface area contributed by atoms with Crippen LogP contribution in [-0.2, 0) is 21.3 Å². The topological polar surface area (TPSA) is 58.2 Å². The fraction of sp³-hybridized carbons (Fsp3) is 0.562. The van der Waals surface area contributed by atoms with Crippen LogP contribution in [0.25, 0.3) is 0 Å². The van der Waals surface area contributed by atoms with E-state index in [9.17, 15) is 9.00 Å². The van der Waals surface area contributed by atoms with Gasteiger partial charge in [-0.1, -0.05) is 11.6 Å². The minimum absolute atomic E-state index is 0. The highest BCUT2D eigenvalue weighted by Crippen LogP contribution is 2.23. The van der Waals surface area contributed by atoms with E-state index in [0.717, 1.165) is 43.6 Å². The Balaban J connectivity index is 0.00000264. The maximum atomic E-state index is 12.1. The van der Waals surface area contributed by atoms with Gasteiger partial charge in [-0.25, -0.2) is 0 Å². The highest BCUT2D eigenvalue weighted by Gasteiger charge is 2.14. The molecule has 7 heteroatoms. The number of piperidine rings is 1. The first kappa shape index (κ1) is 20.4. The zero-order valence-electron chi connectivity index (χ0n) is 13.3. The molecule has 1 aromatic carbocycles. The van der Waals surface area contributed by atoms with E-state index in [0.29, 0.717) is 23.1 Å². The molecular formula is C16H24Cl2N2O2S. The maximum absolute atomic E-state index is 12.1. The second-order valence-electron chi connectivity index (χ2n) is 5.80. The second kappa shape index (κ2) is 10.3. The number of hydrogen-bond donors (Lipinski definition) is 2. The van der Waals surface area contributed by atoms with Crippen LogP contribution in [0.4, 0.5) is 5.69 Å². The van der Waals surface area contributed by atoms with E-state index in [1.807, 2.05) is 6.07 Å². The largest absolute Gasteiger partial charge is 0.326 e. The van der Waals surface area contributed by atoms with Gasteiger partial charge in [0, 0.05) is 39.9 Å². The van der Waals surface area contributed by atoms with E-state index < -0.39 is 10.8 Å². The summed E-state index contributed by atoms with van der Waals surface area (Å²) in [4.78, 5) is 12.1. The number of halogens is 2. The molecule has 1 heterocycles. The molecule has 0 radical (unpaired) electrons. The molecule has 2 rings (SSSR count). The van der Waals surface area contributed by atoms with Crippen LogP contribution < -0.4 is 10.6 Å². The molecule has 23 heavy (non-hydrogen) atoms. The SMILES string of the molecule is CS(=O)Cc1cc(NC(=O)CCC2CCNCC2)ccc1Cl.Cl. The molecule has 2 N–H and O–H groups in total. The lowest BCUT2D eigenvalue weighted by molar-refractivity contribution is -0.116. The lowest BCUT2D eigenvalue weighted by atomic mass is 9.93. The summed E-state index contributed by atoms with van der Waals surface area (Å²) >= 11 is 6.09. The van der Waals surface area contributed by atoms with Gasteiger partial charge in [-0.2, -0.15) is 0 Å². The van der Waals surface area contributed by atoms with Gasteiger partial charge in [0.15, 0.2) is 0 Å². The summed E-state index contributed by atoms with van der Waals surface area (Å²) in [6, 6.07) is 5.34. The quantitative estimate of drug-likeness (QED) is 0.797. The van der Waals surface area contributed by atoms with Crippen LogP contribution in [-0.4, -0.2) is 29.5 Å². The average Bonchev–Trinajstić information content (AvgIpc) is 2.49. The summed E-state index contributed by atoms with van der Waals surface area (Å²) in [5.74, 6) is 1.08. The van der Waals surface area contributed by atoms with Crippen molar-refractivity contribution in [3.05, 3.63) is 28.8 Å². The summed E-state index contributed by atoms with van der Waals surface area (Å²) < 4.78 is 11.3. The van der Waals surface area contributed by atoms with Gasteiger partial charge in [-0.3, -0.25) is 9.00 Å². The predicted molar refractivity (Wildman–Crippen MR) is 99.9 cm³/mol. The van der Waals surface area contributed by atoms with Gasteiger partial charge >= 0.3 is 0 Å². The first-order chi connectivity index (χ1) is 10.5. The number of carbonyl (C=O) groups excluding carboxylic acids is 1. The summed E-state index contributed by atoms with van der Waals surface area (Å²) in [5, 5.41) is 6.83. The minimum atomic E-state index is -0.958. The van der Waals surface area contributed by atoms with Gasteiger partial charge < -0.3 is 10.6 Å². The molecule has 0 aromatic heterocycles. The van der Waals surface area contributed by atoms with Crippen molar-refractivity contribution >= 4 is 46.4 Å². The van der Waals surface area contributed by atoms with Crippen LogP contribution in [0.1, 0.15) is 31.2 Å². The Morgan fingerprint density at radius 2 is 2.09 bits per heavy atom. The standard InChI is InChI=1S/C16H23ClN2O2S.ClH/c1-22(21)11-13-10-14(3-4-15(13)17)19-16(20)5-2-12-6-8-18-9-7-12;/h3-4,10,12,18H,2,5-9,11H2,1H3,(H,19,20);1H. The smallest absolute Gasteiger partial charge is 0.224 e. The second-order valence-corrected chi connectivity index (χ2v) is 7.65. The highest BCUT2D eigenvalue weighted by atomic mass is 35.5. The van der Waals surface area contributed by atoms with Crippen LogP contribution in [0, 0.1) is 5.92 Å². The van der Waals surface area contributed by atoms with E-state index in [2.05, 4.69) is 10.6 Å². The Kier molecular flexibility index (Phi) is 9.14. The van der Waals surface area contributed by atoms with Gasteiger partial charge in [0.05, 0.1) is 0 Å². The number of anilines is 1. The van der Waals surface area contributed by atoms with Gasteiger partial charge in [-0.15, -0.1) is 12.4 Å². The lowest BCUT2D eigenvalue weighted by Crippen LogP contribution is -2.28. The zero-order valence-corrected chi connectivity index (χ0v) is 15.7. The normalized spacial score (nSPS) is 16.4. The van der Waals surface area contributed by atoms with E-state index in [4.69, 9.17) is 11.6 Å². The third-order valence-electron chi connectivity index (χ3n) is 3.93. The van der Waals surface area contributed by atoms with Crippen LogP contribution in [0.3, 0.4) is 0 Å². The number of hydrogen-bond acceptors (Lipinski definition) is 3. The first-order valence-corrected chi connectivity index (χ1v) is 9.74. The van der Waals surface area contributed by atoms with Crippen molar-refractivity contribution in [3.8, 4) is 0 Å². The molecule has 4 nitrogen and oxygen atoms in total. The molecule has 0 aliphatic carbocycles. The molecule has 1 atom stereocenters. The molecule has 1 aromatic rings. The molecule has 1 aliphatic rings. The van der Waals surface area contributed by atoms with Crippen molar-refractivity contribution < 1.29 is 9.00 Å². The molecule has 1 aliphatic heterocycles. The summed E-state index contributed by atoms with van der Waals surface area (Å²) in [7, 11) is -0.958. The van der Waals surface area contributed by atoms with Crippen LogP contribution >= 0.6 is 24.0 Å². The molecule has 1 fully saturated rings. The Morgan fingerprint density at radius 3 is 2.74 bits per heavy atom. The Bertz CT molecular complexity index is 549. The van der Waals surface area contributed by atoms with Crippen molar-refractivity contribution in [1.29, 1.82) is 0 Å². The van der Waals surface area contributed by atoms with Gasteiger partial charge in [0.1, 0.15) is 0 Å². The Hall–Kier alpha value is -0.620. The molecule has 1 unspecified atom stereocenters. The van der Waals surface area contributed by atoms with Crippen molar-refractivity contribution in [2.24, 2.45) is 5.92 Å². The summed E-state index contributed by atoms with van der Waals surface area (Å²) in [6.07, 6.45) is 5.43. The van der Waals surface area contributed by atoms with Gasteiger partial charge in [-0.05, 0) is 62.0 Å². The van der Waals surface area contributed by atoms with Crippen LogP contribution in [0.2, 0.25) is 5.02 Å². The average molecular weight is 379 g/mol. The van der Waals surface area contributed by atoms with Gasteiger partial charge in [0.2, 0.25) is 5.91 Å². The molecular weight excluding hydrogens is 355 g/mol. The van der Waals surface area contributed by atoms with Crippen LogP contribution in [0.15, 0.2) is 18.2 Å². The third kappa shape index (κ3) is 7.21. The predicted octanol–water partition coefficient (Wildman–Crippen LogP) is 3.36. The third-order valence-corrected chi connectivity index (χ3v) is 5.01. The minimum Gasteiger partial charge on any atom is -0.326 e.